The molecule has 0 bridgehead atoms. The summed E-state index contributed by atoms with van der Waals surface area (Å²) in [4.78, 5) is 20.6. The molecule has 5 heteroatoms. The molecule has 1 heterocycles. The molecule has 128 valence electrons. The Kier molecular flexibility index (Phi) is 6.87. The number of pyridine rings is 1. The number of hydrogen-bond donors (Lipinski definition) is 0. The summed E-state index contributed by atoms with van der Waals surface area (Å²) < 4.78 is 0. The fourth-order valence-electron chi connectivity index (χ4n) is 2.28. The maximum Gasteiger partial charge on any atom is 0.246 e. The van der Waals surface area contributed by atoms with Crippen molar-refractivity contribution in [1.29, 1.82) is 5.26 Å². The standard InChI is InChI=1S/C20H22N4O/c1-23(2)11-12-24(16-19-7-4-10-22-15-19)20(25)9-8-17-5-3-6-18(13-17)14-21/h3-10,13,15H,11-12,16H2,1-2H3/b9-8+. The van der Waals surface area contributed by atoms with Gasteiger partial charge in [0.05, 0.1) is 11.6 Å². The molecule has 0 saturated heterocycles. The van der Waals surface area contributed by atoms with Gasteiger partial charge in [0.15, 0.2) is 0 Å². The monoisotopic (exact) mass is 334 g/mol. The summed E-state index contributed by atoms with van der Waals surface area (Å²) in [5.41, 5.74) is 2.41. The molecule has 0 fully saturated rings. The Morgan fingerprint density at radius 3 is 2.76 bits per heavy atom. The highest BCUT2D eigenvalue weighted by molar-refractivity contribution is 5.91. The Labute approximate surface area is 148 Å². The van der Waals surface area contributed by atoms with Gasteiger partial charge in [0, 0.05) is 38.1 Å². The van der Waals surface area contributed by atoms with Gasteiger partial charge >= 0.3 is 0 Å². The first kappa shape index (κ1) is 18.4. The molecule has 25 heavy (non-hydrogen) atoms. The van der Waals surface area contributed by atoms with Crippen LogP contribution in [0, 0.1) is 11.3 Å². The fraction of sp³-hybridized carbons (Fsp3) is 0.250. The van der Waals surface area contributed by atoms with Crippen LogP contribution in [0.3, 0.4) is 0 Å². The van der Waals surface area contributed by atoms with Gasteiger partial charge in [-0.15, -0.1) is 0 Å². The van der Waals surface area contributed by atoms with E-state index in [0.717, 1.165) is 17.7 Å². The van der Waals surface area contributed by atoms with Gasteiger partial charge in [0.25, 0.3) is 0 Å². The molecule has 1 amide bonds. The van der Waals surface area contributed by atoms with Crippen molar-refractivity contribution in [3.63, 3.8) is 0 Å². The van der Waals surface area contributed by atoms with Crippen LogP contribution in [0.2, 0.25) is 0 Å². The summed E-state index contributed by atoms with van der Waals surface area (Å²) in [5.74, 6) is -0.0620. The van der Waals surface area contributed by atoms with Crippen molar-refractivity contribution < 1.29 is 4.79 Å². The summed E-state index contributed by atoms with van der Waals surface area (Å²) in [6, 6.07) is 13.1. The van der Waals surface area contributed by atoms with Gasteiger partial charge in [-0.1, -0.05) is 18.2 Å². The summed E-state index contributed by atoms with van der Waals surface area (Å²) in [7, 11) is 3.96. The SMILES string of the molecule is CN(C)CCN(Cc1cccnc1)C(=O)/C=C/c1cccc(C#N)c1. The molecule has 1 aromatic carbocycles. The van der Waals surface area contributed by atoms with Crippen LogP contribution in [0.5, 0.6) is 0 Å². The molecule has 2 aromatic rings. The minimum absolute atomic E-state index is 0.0620. The van der Waals surface area contributed by atoms with Crippen molar-refractivity contribution in [1.82, 2.24) is 14.8 Å². The average Bonchev–Trinajstić information content (AvgIpc) is 2.64. The topological polar surface area (TPSA) is 60.2 Å². The van der Waals surface area contributed by atoms with Crippen LogP contribution in [-0.4, -0.2) is 47.9 Å². The number of likely N-dealkylation sites (N-methyl/N-ethyl adjacent to an activating group) is 1. The zero-order valence-corrected chi connectivity index (χ0v) is 14.6. The Balaban J connectivity index is 2.10. The highest BCUT2D eigenvalue weighted by Crippen LogP contribution is 2.08. The third-order valence-electron chi connectivity index (χ3n) is 3.66. The van der Waals surface area contributed by atoms with E-state index in [1.54, 1.807) is 41.6 Å². The molecule has 2 rings (SSSR count). The number of aromatic nitrogens is 1. The Morgan fingerprint density at radius 2 is 2.08 bits per heavy atom. The van der Waals surface area contributed by atoms with Crippen molar-refractivity contribution in [3.05, 3.63) is 71.6 Å². The van der Waals surface area contributed by atoms with E-state index in [4.69, 9.17) is 5.26 Å². The lowest BCUT2D eigenvalue weighted by molar-refractivity contribution is -0.126. The van der Waals surface area contributed by atoms with E-state index >= 15 is 0 Å². The van der Waals surface area contributed by atoms with Crippen molar-refractivity contribution in [3.8, 4) is 6.07 Å². The van der Waals surface area contributed by atoms with Crippen molar-refractivity contribution >= 4 is 12.0 Å². The predicted octanol–water partition coefficient (Wildman–Crippen LogP) is 2.56. The normalized spacial score (nSPS) is 10.8. The molecule has 0 aliphatic carbocycles. The third kappa shape index (κ3) is 6.21. The van der Waals surface area contributed by atoms with E-state index in [2.05, 4.69) is 11.1 Å². The van der Waals surface area contributed by atoms with E-state index < -0.39 is 0 Å². The number of benzene rings is 1. The number of nitriles is 1. The Bertz CT molecular complexity index is 763. The van der Waals surface area contributed by atoms with Crippen LogP contribution in [0.1, 0.15) is 16.7 Å². The minimum Gasteiger partial charge on any atom is -0.333 e. The predicted molar refractivity (Wildman–Crippen MR) is 98.4 cm³/mol. The molecule has 5 nitrogen and oxygen atoms in total. The van der Waals surface area contributed by atoms with Crippen LogP contribution < -0.4 is 0 Å². The third-order valence-corrected chi connectivity index (χ3v) is 3.66. The first-order chi connectivity index (χ1) is 12.1. The van der Waals surface area contributed by atoms with E-state index in [1.165, 1.54) is 0 Å². The number of nitrogens with zero attached hydrogens (tertiary/aromatic N) is 4. The van der Waals surface area contributed by atoms with Crippen molar-refractivity contribution in [2.75, 3.05) is 27.2 Å². The summed E-state index contributed by atoms with van der Waals surface area (Å²) in [5, 5.41) is 8.95. The zero-order valence-electron chi connectivity index (χ0n) is 14.6. The zero-order chi connectivity index (χ0) is 18.1. The Morgan fingerprint density at radius 1 is 1.24 bits per heavy atom. The number of amides is 1. The molecule has 0 saturated carbocycles. The van der Waals surface area contributed by atoms with E-state index in [0.29, 0.717) is 18.7 Å². The molecule has 0 unspecified atom stereocenters. The smallest absolute Gasteiger partial charge is 0.246 e. The lowest BCUT2D eigenvalue weighted by atomic mass is 10.1. The van der Waals surface area contributed by atoms with Gasteiger partial charge in [0.2, 0.25) is 5.91 Å². The summed E-state index contributed by atoms with van der Waals surface area (Å²) in [6.45, 7) is 1.93. The number of carbonyl (C=O) groups excluding carboxylic acids is 1. The highest BCUT2D eigenvalue weighted by atomic mass is 16.2. The van der Waals surface area contributed by atoms with Crippen LogP contribution in [-0.2, 0) is 11.3 Å². The molecular weight excluding hydrogens is 312 g/mol. The average molecular weight is 334 g/mol. The van der Waals surface area contributed by atoms with E-state index in [9.17, 15) is 4.79 Å². The minimum atomic E-state index is -0.0620. The molecule has 0 N–H and O–H groups in total. The lowest BCUT2D eigenvalue weighted by Gasteiger charge is -2.23. The first-order valence-electron chi connectivity index (χ1n) is 8.09. The molecule has 0 spiro atoms. The van der Waals surface area contributed by atoms with Crippen LogP contribution in [0.25, 0.3) is 6.08 Å². The molecule has 0 atom stereocenters. The van der Waals surface area contributed by atoms with E-state index in [1.807, 2.05) is 43.3 Å². The maximum atomic E-state index is 12.6. The maximum absolute atomic E-state index is 12.6. The summed E-state index contributed by atoms with van der Waals surface area (Å²) >= 11 is 0. The lowest BCUT2D eigenvalue weighted by Crippen LogP contribution is -2.35. The molecule has 0 aliphatic heterocycles. The van der Waals surface area contributed by atoms with Gasteiger partial charge in [0.1, 0.15) is 0 Å². The van der Waals surface area contributed by atoms with Crippen LogP contribution in [0.15, 0.2) is 54.9 Å². The fourth-order valence-corrected chi connectivity index (χ4v) is 2.28. The largest absolute Gasteiger partial charge is 0.333 e. The first-order valence-corrected chi connectivity index (χ1v) is 8.09. The number of carbonyl (C=O) groups is 1. The molecular formula is C20H22N4O. The molecule has 1 aromatic heterocycles. The van der Waals surface area contributed by atoms with Crippen molar-refractivity contribution in [2.45, 2.75) is 6.54 Å². The van der Waals surface area contributed by atoms with Gasteiger partial charge < -0.3 is 9.80 Å². The number of hydrogen-bond acceptors (Lipinski definition) is 4. The molecule has 0 radical (unpaired) electrons. The second-order valence-electron chi connectivity index (χ2n) is 5.99. The van der Waals surface area contributed by atoms with Gasteiger partial charge in [-0.25, -0.2) is 0 Å². The molecule has 0 aliphatic rings. The second kappa shape index (κ2) is 9.36. The number of rotatable bonds is 7. The quantitative estimate of drug-likeness (QED) is 0.730. The highest BCUT2D eigenvalue weighted by Gasteiger charge is 2.11. The second-order valence-corrected chi connectivity index (χ2v) is 5.99. The Hall–Kier alpha value is -2.97. The van der Waals surface area contributed by atoms with Gasteiger partial charge in [-0.3, -0.25) is 9.78 Å². The van der Waals surface area contributed by atoms with Gasteiger partial charge in [-0.2, -0.15) is 5.26 Å². The van der Waals surface area contributed by atoms with Gasteiger partial charge in [-0.05, 0) is 49.5 Å². The van der Waals surface area contributed by atoms with E-state index in [-0.39, 0.29) is 5.91 Å². The van der Waals surface area contributed by atoms with Crippen LogP contribution >= 0.6 is 0 Å². The van der Waals surface area contributed by atoms with Crippen LogP contribution in [0.4, 0.5) is 0 Å². The summed E-state index contributed by atoms with van der Waals surface area (Å²) in [6.07, 6.45) is 6.80. The van der Waals surface area contributed by atoms with Crippen molar-refractivity contribution in [2.24, 2.45) is 0 Å².